The first-order valence-electron chi connectivity index (χ1n) is 4.62. The molecule has 18 heavy (non-hydrogen) atoms. The van der Waals surface area contributed by atoms with E-state index in [1.165, 1.54) is 12.4 Å². The van der Waals surface area contributed by atoms with Crippen LogP contribution in [0.1, 0.15) is 11.3 Å². The highest BCUT2D eigenvalue weighted by Crippen LogP contribution is 2.29. The van der Waals surface area contributed by atoms with E-state index in [1.54, 1.807) is 0 Å². The van der Waals surface area contributed by atoms with Crippen LogP contribution in [0.3, 0.4) is 0 Å². The topological polar surface area (TPSA) is 69.6 Å². The van der Waals surface area contributed by atoms with Crippen molar-refractivity contribution in [2.45, 2.75) is 6.18 Å². The van der Waals surface area contributed by atoms with Crippen LogP contribution in [0.5, 0.6) is 0 Å². The molecule has 0 radical (unpaired) electrons. The first-order valence-corrected chi connectivity index (χ1v) is 5.03. The normalized spacial score (nSPS) is 11.5. The summed E-state index contributed by atoms with van der Waals surface area (Å²) >= 11 is 4.74. The average molecular weight is 273 g/mol. The predicted octanol–water partition coefficient (Wildman–Crippen LogP) is 1.32. The molecule has 0 fully saturated rings. The molecule has 0 aromatic carbocycles. The number of nitrogens with zero attached hydrogens (tertiary/aromatic N) is 4. The molecule has 0 unspecified atom stereocenters. The highest BCUT2D eigenvalue weighted by molar-refractivity contribution is 7.80. The average Bonchev–Trinajstić information content (AvgIpc) is 2.77. The molecule has 0 atom stereocenters. The molecule has 0 amide bonds. The molecule has 2 heterocycles. The van der Waals surface area contributed by atoms with Crippen molar-refractivity contribution in [2.75, 3.05) is 0 Å². The van der Waals surface area contributed by atoms with E-state index in [-0.39, 0.29) is 16.5 Å². The van der Waals surface area contributed by atoms with E-state index in [0.29, 0.717) is 6.20 Å². The maximum absolute atomic E-state index is 12.4. The number of nitrogens with two attached hydrogens (primary N) is 1. The monoisotopic (exact) mass is 273 g/mol. The Balaban J connectivity index is 2.50. The van der Waals surface area contributed by atoms with Gasteiger partial charge in [-0.15, -0.1) is 0 Å². The summed E-state index contributed by atoms with van der Waals surface area (Å²) in [6.45, 7) is 0. The molecule has 2 rings (SSSR count). The summed E-state index contributed by atoms with van der Waals surface area (Å²) in [5.74, 6) is 0.0560. The summed E-state index contributed by atoms with van der Waals surface area (Å²) in [7, 11) is 0. The van der Waals surface area contributed by atoms with E-state index < -0.39 is 11.7 Å². The molecule has 0 saturated heterocycles. The molecule has 0 saturated carbocycles. The summed E-state index contributed by atoms with van der Waals surface area (Å²) in [5.41, 5.74) is 4.64. The standard InChI is InChI=1S/C9H6F3N5S/c10-9(11,12)5-3-16-17(4-5)8-6(7(13)18)14-1-2-15-8/h1-4H,(H2,13,18). The number of alkyl halides is 3. The molecule has 5 nitrogen and oxygen atoms in total. The second kappa shape index (κ2) is 4.33. The third-order valence-electron chi connectivity index (χ3n) is 2.04. The van der Waals surface area contributed by atoms with Crippen LogP contribution >= 0.6 is 12.2 Å². The number of thiocarbonyl (C=S) groups is 1. The van der Waals surface area contributed by atoms with Gasteiger partial charge in [-0.2, -0.15) is 18.3 Å². The van der Waals surface area contributed by atoms with Crippen molar-refractivity contribution in [1.82, 2.24) is 19.7 Å². The molecule has 0 bridgehead atoms. The Kier molecular flexibility index (Phi) is 2.99. The van der Waals surface area contributed by atoms with Gasteiger partial charge in [0.15, 0.2) is 5.82 Å². The fourth-order valence-corrected chi connectivity index (χ4v) is 1.40. The van der Waals surface area contributed by atoms with Gasteiger partial charge in [0.2, 0.25) is 0 Å². The van der Waals surface area contributed by atoms with Gasteiger partial charge in [0, 0.05) is 18.6 Å². The lowest BCUT2D eigenvalue weighted by molar-refractivity contribution is -0.137. The summed E-state index contributed by atoms with van der Waals surface area (Å²) in [6.07, 6.45) is -0.328. The van der Waals surface area contributed by atoms with Gasteiger partial charge < -0.3 is 5.73 Å². The van der Waals surface area contributed by atoms with Gasteiger partial charge in [0.25, 0.3) is 0 Å². The van der Waals surface area contributed by atoms with Crippen LogP contribution in [0.25, 0.3) is 5.82 Å². The van der Waals surface area contributed by atoms with Gasteiger partial charge in [-0.3, -0.25) is 0 Å². The zero-order valence-corrected chi connectivity index (χ0v) is 9.53. The van der Waals surface area contributed by atoms with Crippen LogP contribution in [-0.4, -0.2) is 24.7 Å². The van der Waals surface area contributed by atoms with Crippen LogP contribution < -0.4 is 5.73 Å². The number of hydrogen-bond donors (Lipinski definition) is 1. The molecular formula is C9H6F3N5S. The molecule has 0 spiro atoms. The number of aromatic nitrogens is 4. The smallest absolute Gasteiger partial charge is 0.388 e. The van der Waals surface area contributed by atoms with Crippen LogP contribution in [0.4, 0.5) is 13.2 Å². The second-order valence-electron chi connectivity index (χ2n) is 3.26. The van der Waals surface area contributed by atoms with Gasteiger partial charge in [0.1, 0.15) is 10.7 Å². The van der Waals surface area contributed by atoms with E-state index in [1.807, 2.05) is 0 Å². The van der Waals surface area contributed by atoms with Crippen molar-refractivity contribution in [3.8, 4) is 5.82 Å². The zero-order chi connectivity index (χ0) is 13.3. The Morgan fingerprint density at radius 1 is 1.28 bits per heavy atom. The van der Waals surface area contributed by atoms with Crippen molar-refractivity contribution >= 4 is 17.2 Å². The Bertz CT molecular complexity index is 592. The van der Waals surface area contributed by atoms with Crippen molar-refractivity contribution in [3.63, 3.8) is 0 Å². The third-order valence-corrected chi connectivity index (χ3v) is 2.23. The van der Waals surface area contributed by atoms with E-state index in [0.717, 1.165) is 10.9 Å². The minimum atomic E-state index is -4.47. The van der Waals surface area contributed by atoms with E-state index >= 15 is 0 Å². The summed E-state index contributed by atoms with van der Waals surface area (Å²) < 4.78 is 38.2. The first kappa shape index (κ1) is 12.4. The fraction of sp³-hybridized carbons (Fsp3) is 0.111. The van der Waals surface area contributed by atoms with E-state index in [4.69, 9.17) is 18.0 Å². The maximum atomic E-state index is 12.4. The van der Waals surface area contributed by atoms with Gasteiger partial charge in [-0.25, -0.2) is 14.6 Å². The number of rotatable bonds is 2. The van der Waals surface area contributed by atoms with Crippen LogP contribution in [0.15, 0.2) is 24.8 Å². The molecule has 0 aliphatic carbocycles. The lowest BCUT2D eigenvalue weighted by Crippen LogP contribution is -2.17. The summed E-state index contributed by atoms with van der Waals surface area (Å²) in [5, 5.41) is 3.57. The second-order valence-corrected chi connectivity index (χ2v) is 3.70. The molecule has 9 heteroatoms. The molecule has 0 aliphatic heterocycles. The highest BCUT2D eigenvalue weighted by atomic mass is 32.1. The Morgan fingerprint density at radius 2 is 1.94 bits per heavy atom. The summed E-state index contributed by atoms with van der Waals surface area (Å²) in [4.78, 5) is 7.66. The Morgan fingerprint density at radius 3 is 2.50 bits per heavy atom. The van der Waals surface area contributed by atoms with Gasteiger partial charge in [0.05, 0.1) is 11.8 Å². The van der Waals surface area contributed by atoms with Crippen molar-refractivity contribution in [1.29, 1.82) is 0 Å². The number of hydrogen-bond acceptors (Lipinski definition) is 4. The van der Waals surface area contributed by atoms with Crippen molar-refractivity contribution in [2.24, 2.45) is 5.73 Å². The quantitative estimate of drug-likeness (QED) is 0.836. The minimum Gasteiger partial charge on any atom is -0.388 e. The molecular weight excluding hydrogens is 267 g/mol. The largest absolute Gasteiger partial charge is 0.419 e. The van der Waals surface area contributed by atoms with Crippen LogP contribution in [0, 0.1) is 0 Å². The first-order chi connectivity index (χ1) is 8.39. The lowest BCUT2D eigenvalue weighted by atomic mass is 10.3. The van der Waals surface area contributed by atoms with Gasteiger partial charge in [-0.05, 0) is 0 Å². The van der Waals surface area contributed by atoms with Crippen molar-refractivity contribution in [3.05, 3.63) is 36.0 Å². The van der Waals surface area contributed by atoms with Gasteiger partial charge >= 0.3 is 6.18 Å². The number of halogens is 3. The molecule has 0 aliphatic rings. The predicted molar refractivity (Wildman–Crippen MR) is 60.0 cm³/mol. The van der Waals surface area contributed by atoms with E-state index in [2.05, 4.69) is 15.1 Å². The van der Waals surface area contributed by atoms with E-state index in [9.17, 15) is 13.2 Å². The Labute approximate surface area is 104 Å². The highest BCUT2D eigenvalue weighted by Gasteiger charge is 2.32. The molecule has 94 valence electrons. The molecule has 2 aromatic heterocycles. The lowest BCUT2D eigenvalue weighted by Gasteiger charge is -2.05. The molecule has 2 aromatic rings. The third kappa shape index (κ3) is 2.30. The fourth-order valence-electron chi connectivity index (χ4n) is 1.26. The van der Waals surface area contributed by atoms with Crippen LogP contribution in [0.2, 0.25) is 0 Å². The SMILES string of the molecule is NC(=S)c1nccnc1-n1cc(C(F)(F)F)cn1. The maximum Gasteiger partial charge on any atom is 0.419 e. The van der Waals surface area contributed by atoms with Gasteiger partial charge in [-0.1, -0.05) is 12.2 Å². The Hall–Kier alpha value is -2.03. The summed E-state index contributed by atoms with van der Waals surface area (Å²) in [6, 6.07) is 0. The van der Waals surface area contributed by atoms with Crippen molar-refractivity contribution < 1.29 is 13.2 Å². The zero-order valence-electron chi connectivity index (χ0n) is 8.72. The molecule has 2 N–H and O–H groups in total. The van der Waals surface area contributed by atoms with Crippen LogP contribution in [-0.2, 0) is 6.18 Å². The minimum absolute atomic E-state index is 0.0560.